The largest absolute Gasteiger partial charge is 0.312 e. The summed E-state index contributed by atoms with van der Waals surface area (Å²) in [5, 5.41) is 4.36. The quantitative estimate of drug-likeness (QED) is 0.697. The van der Waals surface area contributed by atoms with E-state index in [1.165, 1.54) is 37.9 Å². The van der Waals surface area contributed by atoms with E-state index in [2.05, 4.69) is 29.9 Å². The van der Waals surface area contributed by atoms with Crippen LogP contribution in [0.25, 0.3) is 0 Å². The van der Waals surface area contributed by atoms with Gasteiger partial charge in [0.1, 0.15) is 0 Å². The van der Waals surface area contributed by atoms with Crippen molar-refractivity contribution in [3.05, 3.63) is 0 Å². The molecule has 0 saturated heterocycles. The van der Waals surface area contributed by atoms with E-state index in [-0.39, 0.29) is 0 Å². The molecule has 0 bridgehead atoms. The van der Waals surface area contributed by atoms with Gasteiger partial charge in [-0.25, -0.2) is 0 Å². The molecular weight excluding hydrogens is 202 g/mol. The molecule has 0 spiro atoms. The Morgan fingerprint density at radius 3 is 2.73 bits per heavy atom. The number of terminal acetylenes is 1. The standard InChI is InChI=1S/C13H23NS/c1-3-8-12(14-4-2)11-15-13-9-6-5-7-10-13/h1,12-14H,4-11H2,2H3. The van der Waals surface area contributed by atoms with Crippen LogP contribution in [0.4, 0.5) is 0 Å². The molecule has 1 atom stereocenters. The summed E-state index contributed by atoms with van der Waals surface area (Å²) in [4.78, 5) is 0. The highest BCUT2D eigenvalue weighted by Gasteiger charge is 2.15. The smallest absolute Gasteiger partial charge is 0.0267 e. The maximum atomic E-state index is 5.37. The zero-order chi connectivity index (χ0) is 10.9. The van der Waals surface area contributed by atoms with E-state index >= 15 is 0 Å². The van der Waals surface area contributed by atoms with Crippen molar-refractivity contribution >= 4 is 11.8 Å². The fourth-order valence-corrected chi connectivity index (χ4v) is 3.51. The van der Waals surface area contributed by atoms with Crippen molar-refractivity contribution < 1.29 is 0 Å². The third-order valence-electron chi connectivity index (χ3n) is 2.94. The molecule has 1 nitrogen and oxygen atoms in total. The molecule has 0 heterocycles. The van der Waals surface area contributed by atoms with Crippen LogP contribution >= 0.6 is 11.8 Å². The summed E-state index contributed by atoms with van der Waals surface area (Å²) in [6.45, 7) is 3.17. The number of thioether (sulfide) groups is 1. The van der Waals surface area contributed by atoms with Crippen LogP contribution in [-0.2, 0) is 0 Å². The van der Waals surface area contributed by atoms with E-state index in [0.717, 1.165) is 18.2 Å². The summed E-state index contributed by atoms with van der Waals surface area (Å²) in [7, 11) is 0. The third kappa shape index (κ3) is 5.49. The van der Waals surface area contributed by atoms with Crippen LogP contribution < -0.4 is 5.32 Å². The van der Waals surface area contributed by atoms with Crippen molar-refractivity contribution in [1.29, 1.82) is 0 Å². The summed E-state index contributed by atoms with van der Waals surface area (Å²) in [5.74, 6) is 3.95. The normalized spacial score (nSPS) is 19.7. The second kappa shape index (κ2) is 8.07. The van der Waals surface area contributed by atoms with Gasteiger partial charge in [0.15, 0.2) is 0 Å². The fourth-order valence-electron chi connectivity index (χ4n) is 2.10. The van der Waals surface area contributed by atoms with E-state index in [9.17, 15) is 0 Å². The Morgan fingerprint density at radius 1 is 1.40 bits per heavy atom. The predicted octanol–water partition coefficient (Wildman–Crippen LogP) is 3.05. The van der Waals surface area contributed by atoms with Crippen LogP contribution in [-0.4, -0.2) is 23.6 Å². The van der Waals surface area contributed by atoms with Gasteiger partial charge in [-0.2, -0.15) is 11.8 Å². The van der Waals surface area contributed by atoms with Gasteiger partial charge >= 0.3 is 0 Å². The minimum absolute atomic E-state index is 0.520. The molecule has 0 aromatic carbocycles. The lowest BCUT2D eigenvalue weighted by atomic mass is 10.0. The van der Waals surface area contributed by atoms with Crippen LogP contribution in [0.5, 0.6) is 0 Å². The van der Waals surface area contributed by atoms with E-state index in [1.807, 2.05) is 0 Å². The van der Waals surface area contributed by atoms with Gasteiger partial charge in [0.05, 0.1) is 0 Å². The Bertz CT molecular complexity index is 191. The molecular formula is C13H23NS. The van der Waals surface area contributed by atoms with E-state index in [4.69, 9.17) is 6.42 Å². The number of hydrogen-bond donors (Lipinski definition) is 1. The van der Waals surface area contributed by atoms with E-state index in [0.29, 0.717) is 6.04 Å². The summed E-state index contributed by atoms with van der Waals surface area (Å²) in [6, 6.07) is 0.520. The van der Waals surface area contributed by atoms with Crippen LogP contribution in [0.1, 0.15) is 45.4 Å². The zero-order valence-corrected chi connectivity index (χ0v) is 10.6. The average Bonchev–Trinajstić information content (AvgIpc) is 2.28. The Balaban J connectivity index is 2.16. The van der Waals surface area contributed by atoms with Gasteiger partial charge in [0.25, 0.3) is 0 Å². The summed E-state index contributed by atoms with van der Waals surface area (Å²) < 4.78 is 0. The molecule has 0 aliphatic heterocycles. The maximum absolute atomic E-state index is 5.37. The molecule has 0 aromatic rings. The minimum atomic E-state index is 0.520. The summed E-state index contributed by atoms with van der Waals surface area (Å²) in [6.07, 6.45) is 13.4. The zero-order valence-electron chi connectivity index (χ0n) is 9.80. The second-order valence-electron chi connectivity index (χ2n) is 4.26. The lowest BCUT2D eigenvalue weighted by Gasteiger charge is -2.23. The minimum Gasteiger partial charge on any atom is -0.312 e. The van der Waals surface area contributed by atoms with Gasteiger partial charge in [-0.15, -0.1) is 12.3 Å². The number of hydrogen-bond acceptors (Lipinski definition) is 2. The van der Waals surface area contributed by atoms with Crippen molar-refractivity contribution in [2.45, 2.75) is 56.7 Å². The van der Waals surface area contributed by atoms with Gasteiger partial charge < -0.3 is 5.32 Å². The predicted molar refractivity (Wildman–Crippen MR) is 70.2 cm³/mol. The molecule has 1 unspecified atom stereocenters. The first-order valence-electron chi connectivity index (χ1n) is 6.15. The second-order valence-corrected chi connectivity index (χ2v) is 5.59. The van der Waals surface area contributed by atoms with Crippen molar-refractivity contribution in [3.8, 4) is 12.3 Å². The molecule has 1 aliphatic rings. The fraction of sp³-hybridized carbons (Fsp3) is 0.846. The lowest BCUT2D eigenvalue weighted by molar-refractivity contribution is 0.513. The van der Waals surface area contributed by atoms with Crippen LogP contribution in [0, 0.1) is 12.3 Å². The van der Waals surface area contributed by atoms with Crippen LogP contribution in [0.15, 0.2) is 0 Å². The van der Waals surface area contributed by atoms with E-state index in [1.54, 1.807) is 0 Å². The first-order valence-corrected chi connectivity index (χ1v) is 7.20. The van der Waals surface area contributed by atoms with Gasteiger partial charge in [-0.1, -0.05) is 26.2 Å². The molecule has 86 valence electrons. The lowest BCUT2D eigenvalue weighted by Crippen LogP contribution is -2.31. The molecule has 2 heteroatoms. The van der Waals surface area contributed by atoms with Crippen molar-refractivity contribution in [2.75, 3.05) is 12.3 Å². The van der Waals surface area contributed by atoms with Crippen LogP contribution in [0.2, 0.25) is 0 Å². The highest BCUT2D eigenvalue weighted by molar-refractivity contribution is 7.99. The third-order valence-corrected chi connectivity index (χ3v) is 4.48. The Labute approximate surface area is 98.8 Å². The van der Waals surface area contributed by atoms with Gasteiger partial charge in [0, 0.05) is 23.5 Å². The Hall–Kier alpha value is -0.130. The van der Waals surface area contributed by atoms with Crippen LogP contribution in [0.3, 0.4) is 0 Å². The number of rotatable bonds is 6. The molecule has 1 aliphatic carbocycles. The molecule has 1 rings (SSSR count). The molecule has 0 amide bonds. The summed E-state index contributed by atoms with van der Waals surface area (Å²) >= 11 is 2.13. The highest BCUT2D eigenvalue weighted by atomic mass is 32.2. The van der Waals surface area contributed by atoms with E-state index < -0.39 is 0 Å². The molecule has 1 N–H and O–H groups in total. The van der Waals surface area contributed by atoms with Crippen molar-refractivity contribution in [2.24, 2.45) is 0 Å². The Kier molecular flexibility index (Phi) is 6.96. The molecule has 0 aromatic heterocycles. The topological polar surface area (TPSA) is 12.0 Å². The van der Waals surface area contributed by atoms with Gasteiger partial charge in [0.2, 0.25) is 0 Å². The summed E-state index contributed by atoms with van der Waals surface area (Å²) in [5.41, 5.74) is 0. The Morgan fingerprint density at radius 2 is 2.13 bits per heavy atom. The number of nitrogens with one attached hydrogen (secondary N) is 1. The first-order chi connectivity index (χ1) is 7.36. The average molecular weight is 225 g/mol. The SMILES string of the molecule is C#CCC(CSC1CCCCC1)NCC. The van der Waals surface area contributed by atoms with Crippen molar-refractivity contribution in [1.82, 2.24) is 5.32 Å². The monoisotopic (exact) mass is 225 g/mol. The highest BCUT2D eigenvalue weighted by Crippen LogP contribution is 2.28. The molecule has 15 heavy (non-hydrogen) atoms. The molecule has 1 fully saturated rings. The molecule has 1 saturated carbocycles. The molecule has 0 radical (unpaired) electrons. The van der Waals surface area contributed by atoms with Crippen molar-refractivity contribution in [3.63, 3.8) is 0 Å². The van der Waals surface area contributed by atoms with Gasteiger partial charge in [-0.3, -0.25) is 0 Å². The first kappa shape index (κ1) is 12.9. The maximum Gasteiger partial charge on any atom is 0.0267 e. The van der Waals surface area contributed by atoms with Gasteiger partial charge in [-0.05, 0) is 19.4 Å².